The van der Waals surface area contributed by atoms with Crippen molar-refractivity contribution < 1.29 is 22.8 Å². The standard InChI is InChI=1S/C11H15F3N2O2/c12-11(13,14)6-8(17)16-5-3-10(7-16)2-1-4-15-9(10)18/h1-7H2,(H,15,18). The lowest BCUT2D eigenvalue weighted by Crippen LogP contribution is -2.48. The smallest absolute Gasteiger partial charge is 0.356 e. The second-order valence-electron chi connectivity index (χ2n) is 5.00. The molecule has 0 aromatic rings. The molecule has 2 fully saturated rings. The quantitative estimate of drug-likeness (QED) is 0.770. The van der Waals surface area contributed by atoms with Gasteiger partial charge >= 0.3 is 6.18 Å². The molecule has 1 unspecified atom stereocenters. The molecule has 2 aliphatic heterocycles. The predicted molar refractivity (Wildman–Crippen MR) is 56.5 cm³/mol. The van der Waals surface area contributed by atoms with Crippen molar-refractivity contribution in [1.82, 2.24) is 10.2 Å². The maximum absolute atomic E-state index is 12.1. The molecule has 2 aliphatic rings. The molecule has 18 heavy (non-hydrogen) atoms. The van der Waals surface area contributed by atoms with Gasteiger partial charge in [0, 0.05) is 19.6 Å². The van der Waals surface area contributed by atoms with Crippen LogP contribution >= 0.6 is 0 Å². The molecule has 2 amide bonds. The molecule has 4 nitrogen and oxygen atoms in total. The second kappa shape index (κ2) is 4.44. The third-order valence-electron chi connectivity index (χ3n) is 3.66. The summed E-state index contributed by atoms with van der Waals surface area (Å²) in [6, 6.07) is 0. The van der Waals surface area contributed by atoms with Gasteiger partial charge in [-0.2, -0.15) is 13.2 Å². The van der Waals surface area contributed by atoms with Gasteiger partial charge in [0.25, 0.3) is 0 Å². The van der Waals surface area contributed by atoms with Crippen molar-refractivity contribution in [2.24, 2.45) is 5.41 Å². The van der Waals surface area contributed by atoms with Crippen LogP contribution in [0.25, 0.3) is 0 Å². The first-order chi connectivity index (χ1) is 8.32. The molecule has 2 rings (SSSR count). The van der Waals surface area contributed by atoms with E-state index >= 15 is 0 Å². The zero-order valence-corrected chi connectivity index (χ0v) is 9.85. The minimum atomic E-state index is -4.48. The zero-order chi connectivity index (χ0) is 13.4. The van der Waals surface area contributed by atoms with Crippen LogP contribution in [-0.4, -0.2) is 42.5 Å². The van der Waals surface area contributed by atoms with Crippen LogP contribution in [-0.2, 0) is 9.59 Å². The van der Waals surface area contributed by atoms with Crippen LogP contribution in [0.4, 0.5) is 13.2 Å². The molecular formula is C11H15F3N2O2. The Kier molecular flexibility index (Phi) is 3.25. The van der Waals surface area contributed by atoms with Crippen LogP contribution in [0.3, 0.4) is 0 Å². The first-order valence-electron chi connectivity index (χ1n) is 5.95. The molecule has 1 atom stereocenters. The number of piperidine rings is 1. The van der Waals surface area contributed by atoms with Gasteiger partial charge in [-0.3, -0.25) is 9.59 Å². The monoisotopic (exact) mass is 264 g/mol. The minimum absolute atomic E-state index is 0.119. The fourth-order valence-corrected chi connectivity index (χ4v) is 2.69. The maximum atomic E-state index is 12.1. The van der Waals surface area contributed by atoms with Crippen LogP contribution in [0, 0.1) is 5.41 Å². The van der Waals surface area contributed by atoms with Gasteiger partial charge in [-0.15, -0.1) is 0 Å². The SMILES string of the molecule is O=C(CC(F)(F)F)N1CCC2(CCCNC2=O)C1. The van der Waals surface area contributed by atoms with E-state index in [0.29, 0.717) is 19.4 Å². The lowest BCUT2D eigenvalue weighted by atomic mass is 9.79. The Morgan fingerprint density at radius 1 is 1.39 bits per heavy atom. The van der Waals surface area contributed by atoms with Gasteiger partial charge in [0.05, 0.1) is 5.41 Å². The highest BCUT2D eigenvalue weighted by atomic mass is 19.4. The highest BCUT2D eigenvalue weighted by molar-refractivity contribution is 5.86. The molecule has 0 aromatic carbocycles. The average molecular weight is 264 g/mol. The summed E-state index contributed by atoms with van der Waals surface area (Å²) in [6.45, 7) is 0.965. The lowest BCUT2D eigenvalue weighted by Gasteiger charge is -2.32. The van der Waals surface area contributed by atoms with Crippen molar-refractivity contribution in [3.63, 3.8) is 0 Å². The number of carbonyl (C=O) groups is 2. The number of nitrogens with zero attached hydrogens (tertiary/aromatic N) is 1. The Labute approximate surface area is 103 Å². The molecule has 0 saturated carbocycles. The summed E-state index contributed by atoms with van der Waals surface area (Å²) >= 11 is 0. The van der Waals surface area contributed by atoms with E-state index < -0.39 is 23.9 Å². The first kappa shape index (κ1) is 13.2. The van der Waals surface area contributed by atoms with Crippen molar-refractivity contribution in [2.75, 3.05) is 19.6 Å². The van der Waals surface area contributed by atoms with Gasteiger partial charge in [0.2, 0.25) is 11.8 Å². The normalized spacial score (nSPS) is 28.6. The average Bonchev–Trinajstić information content (AvgIpc) is 2.66. The number of alkyl halides is 3. The van der Waals surface area contributed by atoms with Crippen molar-refractivity contribution in [2.45, 2.75) is 31.9 Å². The van der Waals surface area contributed by atoms with Gasteiger partial charge in [-0.25, -0.2) is 0 Å². The van der Waals surface area contributed by atoms with Gasteiger partial charge in [-0.05, 0) is 19.3 Å². The highest BCUT2D eigenvalue weighted by Gasteiger charge is 2.47. The molecule has 0 aliphatic carbocycles. The lowest BCUT2D eigenvalue weighted by molar-refractivity contribution is -0.161. The van der Waals surface area contributed by atoms with Crippen LogP contribution in [0.5, 0.6) is 0 Å². The van der Waals surface area contributed by atoms with E-state index in [9.17, 15) is 22.8 Å². The molecule has 1 spiro atoms. The Bertz CT molecular complexity index is 370. The summed E-state index contributed by atoms with van der Waals surface area (Å²) in [5.41, 5.74) is -0.653. The molecule has 1 N–H and O–H groups in total. The van der Waals surface area contributed by atoms with E-state index in [-0.39, 0.29) is 19.0 Å². The largest absolute Gasteiger partial charge is 0.397 e. The van der Waals surface area contributed by atoms with Crippen LogP contribution < -0.4 is 5.32 Å². The molecule has 7 heteroatoms. The summed E-state index contributed by atoms with van der Waals surface area (Å²) < 4.78 is 36.4. The van der Waals surface area contributed by atoms with E-state index in [0.717, 1.165) is 6.42 Å². The van der Waals surface area contributed by atoms with Gasteiger partial charge < -0.3 is 10.2 Å². The van der Waals surface area contributed by atoms with Crippen LogP contribution in [0.15, 0.2) is 0 Å². The van der Waals surface area contributed by atoms with Gasteiger partial charge in [0.15, 0.2) is 0 Å². The number of hydrogen-bond acceptors (Lipinski definition) is 2. The third kappa shape index (κ3) is 2.59. The summed E-state index contributed by atoms with van der Waals surface area (Å²) in [5.74, 6) is -1.06. The van der Waals surface area contributed by atoms with E-state index in [4.69, 9.17) is 0 Å². The van der Waals surface area contributed by atoms with E-state index in [1.54, 1.807) is 0 Å². The van der Waals surface area contributed by atoms with Crippen molar-refractivity contribution in [3.8, 4) is 0 Å². The Balaban J connectivity index is 1.99. The first-order valence-corrected chi connectivity index (χ1v) is 5.95. The number of likely N-dealkylation sites (tertiary alicyclic amines) is 1. The van der Waals surface area contributed by atoms with E-state index in [2.05, 4.69) is 5.32 Å². The summed E-state index contributed by atoms with van der Waals surface area (Å²) in [5, 5.41) is 2.72. The molecule has 2 saturated heterocycles. The number of amides is 2. The number of halogens is 3. The Hall–Kier alpha value is -1.27. The minimum Gasteiger partial charge on any atom is -0.356 e. The molecule has 0 radical (unpaired) electrons. The molecular weight excluding hydrogens is 249 g/mol. The zero-order valence-electron chi connectivity index (χ0n) is 9.85. The molecule has 0 bridgehead atoms. The number of carbonyl (C=O) groups excluding carboxylic acids is 2. The van der Waals surface area contributed by atoms with E-state index in [1.165, 1.54) is 4.90 Å². The van der Waals surface area contributed by atoms with Gasteiger partial charge in [0.1, 0.15) is 6.42 Å². The van der Waals surface area contributed by atoms with Crippen LogP contribution in [0.1, 0.15) is 25.7 Å². The van der Waals surface area contributed by atoms with Crippen LogP contribution in [0.2, 0.25) is 0 Å². The fraction of sp³-hybridized carbons (Fsp3) is 0.818. The molecule has 102 valence electrons. The maximum Gasteiger partial charge on any atom is 0.397 e. The van der Waals surface area contributed by atoms with E-state index in [1.807, 2.05) is 0 Å². The van der Waals surface area contributed by atoms with Gasteiger partial charge in [-0.1, -0.05) is 0 Å². The van der Waals surface area contributed by atoms with Crippen molar-refractivity contribution in [1.29, 1.82) is 0 Å². The number of nitrogens with one attached hydrogen (secondary N) is 1. The fourth-order valence-electron chi connectivity index (χ4n) is 2.69. The third-order valence-corrected chi connectivity index (χ3v) is 3.66. The Morgan fingerprint density at radius 3 is 2.72 bits per heavy atom. The summed E-state index contributed by atoms with van der Waals surface area (Å²) in [7, 11) is 0. The second-order valence-corrected chi connectivity index (χ2v) is 5.00. The Morgan fingerprint density at radius 2 is 2.11 bits per heavy atom. The molecule has 0 aromatic heterocycles. The highest BCUT2D eigenvalue weighted by Crippen LogP contribution is 2.38. The summed E-state index contributed by atoms with van der Waals surface area (Å²) in [4.78, 5) is 24.4. The van der Waals surface area contributed by atoms with Crippen molar-refractivity contribution >= 4 is 11.8 Å². The van der Waals surface area contributed by atoms with Crippen molar-refractivity contribution in [3.05, 3.63) is 0 Å². The number of hydrogen-bond donors (Lipinski definition) is 1. The molecule has 2 heterocycles. The predicted octanol–water partition coefficient (Wildman–Crippen LogP) is 1.07. The number of rotatable bonds is 1. The summed E-state index contributed by atoms with van der Waals surface area (Å²) in [6.07, 6.45) is -4.00. The topological polar surface area (TPSA) is 49.4 Å².